The van der Waals surface area contributed by atoms with Crippen LogP contribution in [-0.4, -0.2) is 30.1 Å². The van der Waals surface area contributed by atoms with Crippen molar-refractivity contribution in [2.45, 2.75) is 0 Å². The van der Waals surface area contributed by atoms with Crippen LogP contribution < -0.4 is 5.19 Å². The minimum atomic E-state index is -2.68. The molecule has 3 nitrogen and oxygen atoms in total. The van der Waals surface area contributed by atoms with Gasteiger partial charge >= 0.3 is 8.80 Å². The third kappa shape index (κ3) is 2.91. The Balaban J connectivity index is 3.27. The molecule has 0 bridgehead atoms. The molecule has 0 amide bonds. The van der Waals surface area contributed by atoms with Crippen LogP contribution in [0.25, 0.3) is 0 Å². The molecule has 0 N–H and O–H groups in total. The molecular weight excluding hydrogens is 438 g/mol. The van der Waals surface area contributed by atoms with E-state index in [0.717, 1.165) is 12.3 Å². The van der Waals surface area contributed by atoms with Crippen molar-refractivity contribution in [2.24, 2.45) is 0 Å². The van der Waals surface area contributed by atoms with Gasteiger partial charge in [0.25, 0.3) is 0 Å². The van der Waals surface area contributed by atoms with Crippen molar-refractivity contribution in [1.29, 1.82) is 0 Å². The van der Waals surface area contributed by atoms with Gasteiger partial charge in [-0.3, -0.25) is 0 Å². The molecule has 1 rings (SSSR count). The molecule has 0 aliphatic carbocycles. The van der Waals surface area contributed by atoms with Crippen molar-refractivity contribution in [3.63, 3.8) is 0 Å². The second-order valence-corrected chi connectivity index (χ2v) is 8.08. The van der Waals surface area contributed by atoms with Crippen molar-refractivity contribution >= 4 is 59.2 Å². The first-order valence-corrected chi connectivity index (χ1v) is 8.09. The average molecular weight is 450 g/mol. The lowest BCUT2D eigenvalue weighted by molar-refractivity contribution is 0.140. The van der Waals surface area contributed by atoms with E-state index in [-0.39, 0.29) is 0 Å². The van der Waals surface area contributed by atoms with Crippen molar-refractivity contribution in [3.05, 3.63) is 25.3 Å². The van der Waals surface area contributed by atoms with Gasteiger partial charge in [0, 0.05) is 33.7 Å². The minimum Gasteiger partial charge on any atom is -0.373 e. The van der Waals surface area contributed by atoms with Crippen LogP contribution in [0, 0.1) is 7.14 Å². The topological polar surface area (TPSA) is 27.7 Å². The summed E-state index contributed by atoms with van der Waals surface area (Å²) >= 11 is 4.53. The Labute approximate surface area is 118 Å². The van der Waals surface area contributed by atoms with E-state index in [2.05, 4.69) is 45.2 Å². The molecule has 0 aliphatic heterocycles. The molecule has 0 saturated carbocycles. The molecule has 0 aromatic heterocycles. The molecule has 0 atom stereocenters. The van der Waals surface area contributed by atoms with Gasteiger partial charge in [0.2, 0.25) is 0 Å². The predicted octanol–water partition coefficient (Wildman–Crippen LogP) is 1.98. The van der Waals surface area contributed by atoms with E-state index in [0.29, 0.717) is 0 Å². The molecule has 0 fully saturated rings. The smallest absolute Gasteiger partial charge is 0.373 e. The predicted molar refractivity (Wildman–Crippen MR) is 78.3 cm³/mol. The van der Waals surface area contributed by atoms with Gasteiger partial charge < -0.3 is 13.3 Å². The first kappa shape index (κ1) is 13.8. The minimum absolute atomic E-state index is 1.02. The van der Waals surface area contributed by atoms with Crippen LogP contribution in [0.3, 0.4) is 0 Å². The number of benzene rings is 1. The zero-order valence-electron chi connectivity index (χ0n) is 8.71. The summed E-state index contributed by atoms with van der Waals surface area (Å²) in [6.07, 6.45) is 0. The molecule has 6 heteroatoms. The molecule has 0 aliphatic rings. The summed E-state index contributed by atoms with van der Waals surface area (Å²) in [6, 6.07) is 6.13. The zero-order chi connectivity index (χ0) is 11.5. The second-order valence-electron chi connectivity index (χ2n) is 2.79. The molecule has 0 radical (unpaired) electrons. The highest BCUT2D eigenvalue weighted by Crippen LogP contribution is 2.15. The Morgan fingerprint density at radius 2 is 1.53 bits per heavy atom. The van der Waals surface area contributed by atoms with Gasteiger partial charge in [0.05, 0.1) is 0 Å². The van der Waals surface area contributed by atoms with E-state index in [1.165, 1.54) is 0 Å². The molecule has 0 heterocycles. The summed E-state index contributed by atoms with van der Waals surface area (Å²) < 4.78 is 18.6. The molecule has 0 unspecified atom stereocenters. The van der Waals surface area contributed by atoms with E-state index < -0.39 is 8.80 Å². The molecule has 0 saturated heterocycles. The Morgan fingerprint density at radius 1 is 1.00 bits per heavy atom. The van der Waals surface area contributed by atoms with E-state index >= 15 is 0 Å². The zero-order valence-corrected chi connectivity index (χ0v) is 14.0. The van der Waals surface area contributed by atoms with Gasteiger partial charge in [-0.25, -0.2) is 0 Å². The van der Waals surface area contributed by atoms with Crippen LogP contribution in [0.5, 0.6) is 0 Å². The SMILES string of the molecule is CO[Si](OC)(OC)c1cc(I)ccc1I. The Hall–Kier alpha value is 0.777. The number of halogens is 2. The summed E-state index contributed by atoms with van der Waals surface area (Å²) in [5.74, 6) is 0. The lowest BCUT2D eigenvalue weighted by atomic mass is 10.4. The van der Waals surface area contributed by atoms with Gasteiger partial charge in [0.1, 0.15) is 0 Å². The summed E-state index contributed by atoms with van der Waals surface area (Å²) in [6.45, 7) is 0. The molecule has 1 aromatic rings. The van der Waals surface area contributed by atoms with Crippen LogP contribution in [0.4, 0.5) is 0 Å². The Morgan fingerprint density at radius 3 is 2.00 bits per heavy atom. The fourth-order valence-electron chi connectivity index (χ4n) is 1.31. The maximum absolute atomic E-state index is 5.44. The maximum Gasteiger partial charge on any atom is 0.537 e. The molecule has 1 aromatic carbocycles. The van der Waals surface area contributed by atoms with Gasteiger partial charge in [-0.05, 0) is 63.4 Å². The van der Waals surface area contributed by atoms with Crippen molar-refractivity contribution in [1.82, 2.24) is 0 Å². The third-order valence-corrected chi connectivity index (χ3v) is 6.87. The highest BCUT2D eigenvalue weighted by atomic mass is 127. The number of rotatable bonds is 4. The molecule has 15 heavy (non-hydrogen) atoms. The Bertz CT molecular complexity index is 334. The lowest BCUT2D eigenvalue weighted by Crippen LogP contribution is -2.55. The molecule has 0 spiro atoms. The third-order valence-electron chi connectivity index (χ3n) is 2.06. The van der Waals surface area contributed by atoms with Crippen molar-refractivity contribution in [3.8, 4) is 0 Å². The van der Waals surface area contributed by atoms with E-state index in [9.17, 15) is 0 Å². The second kappa shape index (κ2) is 5.91. The highest BCUT2D eigenvalue weighted by molar-refractivity contribution is 14.1. The van der Waals surface area contributed by atoms with Crippen LogP contribution in [0.2, 0.25) is 0 Å². The van der Waals surface area contributed by atoms with Crippen LogP contribution >= 0.6 is 45.2 Å². The monoisotopic (exact) mass is 450 g/mol. The van der Waals surface area contributed by atoms with Gasteiger partial charge in [-0.1, -0.05) is 0 Å². The van der Waals surface area contributed by atoms with Crippen LogP contribution in [0.15, 0.2) is 18.2 Å². The summed E-state index contributed by atoms with van der Waals surface area (Å²) in [5, 5.41) is 1.02. The highest BCUT2D eigenvalue weighted by Gasteiger charge is 2.42. The van der Waals surface area contributed by atoms with Gasteiger partial charge in [0.15, 0.2) is 0 Å². The lowest BCUT2D eigenvalue weighted by Gasteiger charge is -2.25. The summed E-state index contributed by atoms with van der Waals surface area (Å²) in [7, 11) is 2.18. The van der Waals surface area contributed by atoms with Crippen molar-refractivity contribution in [2.75, 3.05) is 21.3 Å². The van der Waals surface area contributed by atoms with Crippen LogP contribution in [0.1, 0.15) is 0 Å². The number of hydrogen-bond acceptors (Lipinski definition) is 3. The van der Waals surface area contributed by atoms with E-state index in [1.807, 2.05) is 18.2 Å². The van der Waals surface area contributed by atoms with Crippen LogP contribution in [-0.2, 0) is 13.3 Å². The van der Waals surface area contributed by atoms with E-state index in [4.69, 9.17) is 13.3 Å². The standard InChI is InChI=1S/C9H12I2O3Si/c1-12-15(13-2,14-3)9-6-7(10)4-5-8(9)11/h4-6H,1-3H3. The number of hydrogen-bond donors (Lipinski definition) is 0. The van der Waals surface area contributed by atoms with Gasteiger partial charge in [-0.15, -0.1) is 0 Å². The first-order valence-electron chi connectivity index (χ1n) is 4.20. The van der Waals surface area contributed by atoms with Crippen molar-refractivity contribution < 1.29 is 13.3 Å². The summed E-state index contributed by atoms with van der Waals surface area (Å²) in [4.78, 5) is 0. The quantitative estimate of drug-likeness (QED) is 0.519. The fourth-order valence-corrected chi connectivity index (χ4v) is 5.29. The normalized spacial score (nSPS) is 11.8. The summed E-state index contributed by atoms with van der Waals surface area (Å²) in [5.41, 5.74) is 0. The average Bonchev–Trinajstić information content (AvgIpc) is 2.26. The molecular formula is C9H12I2O3Si. The van der Waals surface area contributed by atoms with Gasteiger partial charge in [-0.2, -0.15) is 0 Å². The van der Waals surface area contributed by atoms with E-state index in [1.54, 1.807) is 21.3 Å². The maximum atomic E-state index is 5.44. The fraction of sp³-hybridized carbons (Fsp3) is 0.333. The Kier molecular flexibility index (Phi) is 5.46. The largest absolute Gasteiger partial charge is 0.537 e. The molecule has 84 valence electrons. The first-order chi connectivity index (χ1) is 7.09.